The minimum Gasteiger partial charge on any atom is -0.467 e. The average molecular weight is 292 g/mol. The van der Waals surface area contributed by atoms with Crippen LogP contribution >= 0.6 is 0 Å². The Balaban J connectivity index is 2.00. The van der Waals surface area contributed by atoms with Gasteiger partial charge in [-0.15, -0.1) is 0 Å². The zero-order valence-electron chi connectivity index (χ0n) is 10.8. The van der Waals surface area contributed by atoms with Crippen molar-refractivity contribution in [1.82, 2.24) is 4.98 Å². The molecule has 0 radical (unpaired) electrons. The highest BCUT2D eigenvalue weighted by molar-refractivity contribution is 5.93. The summed E-state index contributed by atoms with van der Waals surface area (Å²) in [5, 5.41) is 3.50. The van der Waals surface area contributed by atoms with Crippen molar-refractivity contribution in [2.45, 2.75) is 12.7 Å². The van der Waals surface area contributed by atoms with E-state index in [-0.39, 0.29) is 5.52 Å². The first-order valence-corrected chi connectivity index (χ1v) is 6.27. The molecule has 2 aromatic heterocycles. The van der Waals surface area contributed by atoms with E-state index < -0.39 is 11.7 Å². The topological polar surface area (TPSA) is 38.1 Å². The molecule has 21 heavy (non-hydrogen) atoms. The molecule has 0 saturated carbocycles. The van der Waals surface area contributed by atoms with Crippen LogP contribution in [0.2, 0.25) is 0 Å². The molecule has 0 spiro atoms. The number of furan rings is 1. The average Bonchev–Trinajstić information content (AvgIpc) is 2.96. The summed E-state index contributed by atoms with van der Waals surface area (Å²) in [4.78, 5) is 3.87. The van der Waals surface area contributed by atoms with Gasteiger partial charge in [-0.2, -0.15) is 13.2 Å². The van der Waals surface area contributed by atoms with E-state index in [1.165, 1.54) is 12.3 Å². The first kappa shape index (κ1) is 13.5. The van der Waals surface area contributed by atoms with E-state index in [0.717, 1.165) is 6.07 Å². The standard InChI is InChI=1S/C15H11F3N2O/c16-15(17,18)12-5-1-4-11-13(6-7-19-14(11)12)20-9-10-3-2-8-21-10/h1-8H,9H2,(H,19,20). The highest BCUT2D eigenvalue weighted by Crippen LogP contribution is 2.35. The monoisotopic (exact) mass is 292 g/mol. The van der Waals surface area contributed by atoms with Crippen LogP contribution in [0.3, 0.4) is 0 Å². The maximum absolute atomic E-state index is 13.0. The summed E-state index contributed by atoms with van der Waals surface area (Å²) in [7, 11) is 0. The van der Waals surface area contributed by atoms with Crippen LogP contribution in [0.4, 0.5) is 18.9 Å². The van der Waals surface area contributed by atoms with Crippen LogP contribution in [0, 0.1) is 0 Å². The molecule has 0 bridgehead atoms. The number of hydrogen-bond acceptors (Lipinski definition) is 3. The Morgan fingerprint density at radius 3 is 2.67 bits per heavy atom. The summed E-state index contributed by atoms with van der Waals surface area (Å²) in [6, 6.07) is 9.21. The zero-order valence-corrected chi connectivity index (χ0v) is 10.8. The minimum absolute atomic E-state index is 0.0607. The molecule has 0 unspecified atom stereocenters. The van der Waals surface area contributed by atoms with Gasteiger partial charge < -0.3 is 9.73 Å². The fourth-order valence-corrected chi connectivity index (χ4v) is 2.15. The van der Waals surface area contributed by atoms with Crippen molar-refractivity contribution >= 4 is 16.6 Å². The molecule has 0 amide bonds. The summed E-state index contributed by atoms with van der Waals surface area (Å²) < 4.78 is 44.1. The summed E-state index contributed by atoms with van der Waals surface area (Å²) in [5.74, 6) is 0.701. The first-order valence-electron chi connectivity index (χ1n) is 6.27. The fraction of sp³-hybridized carbons (Fsp3) is 0.133. The quantitative estimate of drug-likeness (QED) is 0.774. The number of para-hydroxylation sites is 1. The van der Waals surface area contributed by atoms with Crippen molar-refractivity contribution in [1.29, 1.82) is 0 Å². The number of rotatable bonds is 3. The van der Waals surface area contributed by atoms with Gasteiger partial charge in [0.25, 0.3) is 0 Å². The number of nitrogens with zero attached hydrogens (tertiary/aromatic N) is 1. The maximum atomic E-state index is 13.0. The molecule has 3 nitrogen and oxygen atoms in total. The summed E-state index contributed by atoms with van der Waals surface area (Å²) in [6.45, 7) is 0.391. The van der Waals surface area contributed by atoms with Gasteiger partial charge in [-0.3, -0.25) is 4.98 Å². The Morgan fingerprint density at radius 1 is 1.10 bits per heavy atom. The van der Waals surface area contributed by atoms with E-state index in [1.807, 2.05) is 0 Å². The summed E-state index contributed by atoms with van der Waals surface area (Å²) >= 11 is 0. The van der Waals surface area contributed by atoms with Crippen molar-refractivity contribution in [3.63, 3.8) is 0 Å². The number of hydrogen-bond donors (Lipinski definition) is 1. The predicted octanol–water partition coefficient (Wildman–Crippen LogP) is 4.46. The molecule has 3 rings (SSSR count). The molecule has 6 heteroatoms. The van der Waals surface area contributed by atoms with Crippen LogP contribution in [0.25, 0.3) is 10.9 Å². The third kappa shape index (κ3) is 2.69. The van der Waals surface area contributed by atoms with Gasteiger partial charge >= 0.3 is 6.18 Å². The van der Waals surface area contributed by atoms with Gasteiger partial charge in [-0.05, 0) is 24.3 Å². The zero-order chi connectivity index (χ0) is 14.9. The van der Waals surface area contributed by atoms with Crippen molar-refractivity contribution in [3.8, 4) is 0 Å². The number of aromatic nitrogens is 1. The Kier molecular flexibility index (Phi) is 3.29. The molecule has 1 N–H and O–H groups in total. The number of alkyl halides is 3. The lowest BCUT2D eigenvalue weighted by molar-refractivity contribution is -0.136. The lowest BCUT2D eigenvalue weighted by Gasteiger charge is -2.12. The lowest BCUT2D eigenvalue weighted by Crippen LogP contribution is -2.07. The molecule has 0 aliphatic heterocycles. The molecule has 0 aliphatic carbocycles. The van der Waals surface area contributed by atoms with E-state index in [4.69, 9.17) is 4.42 Å². The van der Waals surface area contributed by atoms with Gasteiger partial charge in [0.2, 0.25) is 0 Å². The smallest absolute Gasteiger partial charge is 0.418 e. The number of fused-ring (bicyclic) bond motifs is 1. The SMILES string of the molecule is FC(F)(F)c1cccc2c(NCc3ccco3)ccnc12. The second-order valence-electron chi connectivity index (χ2n) is 4.49. The largest absolute Gasteiger partial charge is 0.467 e. The number of halogens is 3. The predicted molar refractivity (Wildman–Crippen MR) is 72.8 cm³/mol. The van der Waals surface area contributed by atoms with E-state index in [1.54, 1.807) is 30.5 Å². The molecule has 2 heterocycles. The normalized spacial score (nSPS) is 11.8. The second-order valence-corrected chi connectivity index (χ2v) is 4.49. The van der Waals surface area contributed by atoms with Crippen molar-refractivity contribution in [2.75, 3.05) is 5.32 Å². The fourth-order valence-electron chi connectivity index (χ4n) is 2.15. The molecule has 3 aromatic rings. The van der Waals surface area contributed by atoms with Crippen LogP contribution in [0.5, 0.6) is 0 Å². The van der Waals surface area contributed by atoms with Crippen molar-refractivity contribution < 1.29 is 17.6 Å². The third-order valence-corrected chi connectivity index (χ3v) is 3.11. The molecular formula is C15H11F3N2O. The van der Waals surface area contributed by atoms with Crippen LogP contribution in [-0.4, -0.2) is 4.98 Å². The molecule has 0 atom stereocenters. The molecule has 108 valence electrons. The number of nitrogens with one attached hydrogen (secondary N) is 1. The molecule has 0 saturated heterocycles. The first-order chi connectivity index (χ1) is 10.1. The number of benzene rings is 1. The molecule has 0 fully saturated rings. The van der Waals surface area contributed by atoms with Crippen LogP contribution < -0.4 is 5.32 Å². The second kappa shape index (κ2) is 5.12. The van der Waals surface area contributed by atoms with Gasteiger partial charge in [0.05, 0.1) is 23.9 Å². The molecular weight excluding hydrogens is 281 g/mol. The Hall–Kier alpha value is -2.50. The van der Waals surface area contributed by atoms with Gasteiger partial charge in [0.1, 0.15) is 5.76 Å². The molecule has 1 aromatic carbocycles. The van der Waals surface area contributed by atoms with Crippen LogP contribution in [0.1, 0.15) is 11.3 Å². The van der Waals surface area contributed by atoms with E-state index in [0.29, 0.717) is 23.4 Å². The van der Waals surface area contributed by atoms with Gasteiger partial charge in [-0.25, -0.2) is 0 Å². The van der Waals surface area contributed by atoms with E-state index in [9.17, 15) is 13.2 Å². The van der Waals surface area contributed by atoms with Gasteiger partial charge in [-0.1, -0.05) is 12.1 Å². The summed E-state index contributed by atoms with van der Waals surface area (Å²) in [6.07, 6.45) is -1.52. The minimum atomic E-state index is -4.42. The number of pyridine rings is 1. The molecule has 0 aliphatic rings. The van der Waals surface area contributed by atoms with Crippen molar-refractivity contribution in [2.24, 2.45) is 0 Å². The van der Waals surface area contributed by atoms with E-state index in [2.05, 4.69) is 10.3 Å². The maximum Gasteiger partial charge on any atom is 0.418 e. The highest BCUT2D eigenvalue weighted by Gasteiger charge is 2.33. The van der Waals surface area contributed by atoms with Gasteiger partial charge in [0.15, 0.2) is 0 Å². The Morgan fingerprint density at radius 2 is 1.95 bits per heavy atom. The van der Waals surface area contributed by atoms with Gasteiger partial charge in [0, 0.05) is 17.3 Å². The lowest BCUT2D eigenvalue weighted by atomic mass is 10.1. The van der Waals surface area contributed by atoms with Crippen LogP contribution in [-0.2, 0) is 12.7 Å². The van der Waals surface area contributed by atoms with Crippen molar-refractivity contribution in [3.05, 3.63) is 60.2 Å². The number of anilines is 1. The van der Waals surface area contributed by atoms with Crippen LogP contribution in [0.15, 0.2) is 53.3 Å². The Bertz CT molecular complexity index is 751. The van der Waals surface area contributed by atoms with E-state index >= 15 is 0 Å². The Labute approximate surface area is 118 Å². The third-order valence-electron chi connectivity index (χ3n) is 3.11. The highest BCUT2D eigenvalue weighted by atomic mass is 19.4. The summed E-state index contributed by atoms with van der Waals surface area (Å²) in [5.41, 5.74) is -0.210.